The highest BCUT2D eigenvalue weighted by Gasteiger charge is 2.07. The van der Waals surface area contributed by atoms with Gasteiger partial charge in [0.15, 0.2) is 0 Å². The minimum Gasteiger partial charge on any atom is -0.267 e. The summed E-state index contributed by atoms with van der Waals surface area (Å²) in [5.41, 5.74) is 0.968. The van der Waals surface area contributed by atoms with Crippen molar-refractivity contribution in [3.63, 3.8) is 0 Å². The molecule has 5 heteroatoms. The van der Waals surface area contributed by atoms with Crippen LogP contribution in [0.1, 0.15) is 0 Å². The number of nitrogens with zero attached hydrogens (tertiary/aromatic N) is 3. The molecule has 0 bridgehead atoms. The average molecular weight is 246 g/mol. The summed E-state index contributed by atoms with van der Waals surface area (Å²) in [6, 6.07) is 0. The second-order valence-corrected chi connectivity index (χ2v) is 3.64. The van der Waals surface area contributed by atoms with Crippen molar-refractivity contribution in [2.24, 2.45) is 7.05 Å². The molecule has 2 rings (SSSR count). The first-order valence-corrected chi connectivity index (χ1v) is 4.49. The van der Waals surface area contributed by atoms with Crippen LogP contribution in [0, 0.1) is 0 Å². The molecule has 2 aromatic rings. The summed E-state index contributed by atoms with van der Waals surface area (Å²) in [5, 5.41) is 5.44. The fourth-order valence-corrected chi connectivity index (χ4v) is 1.88. The van der Waals surface area contributed by atoms with Crippen LogP contribution in [0.3, 0.4) is 0 Å². The molecule has 0 N–H and O–H groups in total. The second-order valence-electron chi connectivity index (χ2n) is 2.43. The topological polar surface area (TPSA) is 30.7 Å². The maximum atomic E-state index is 5.86. The monoisotopic (exact) mass is 245 g/mol. The Labute approximate surface area is 82.5 Å². The highest BCUT2D eigenvalue weighted by Crippen LogP contribution is 2.26. The van der Waals surface area contributed by atoms with Crippen LogP contribution >= 0.6 is 27.5 Å². The molecule has 0 saturated carbocycles. The number of aryl methyl sites for hydroxylation is 1. The van der Waals surface area contributed by atoms with Gasteiger partial charge in [-0.25, -0.2) is 4.98 Å². The molecule has 0 unspecified atom stereocenters. The van der Waals surface area contributed by atoms with Crippen molar-refractivity contribution in [3.05, 3.63) is 22.0 Å². The van der Waals surface area contributed by atoms with Crippen LogP contribution in [0.4, 0.5) is 0 Å². The largest absolute Gasteiger partial charge is 0.267 e. The van der Waals surface area contributed by atoms with Gasteiger partial charge in [0, 0.05) is 13.2 Å². The Morgan fingerprint density at radius 3 is 2.92 bits per heavy atom. The number of pyridine rings is 1. The molecule has 3 nitrogen and oxygen atoms in total. The summed E-state index contributed by atoms with van der Waals surface area (Å²) in [5.74, 6) is 0. The zero-order valence-electron chi connectivity index (χ0n) is 6.25. The van der Waals surface area contributed by atoms with Crippen molar-refractivity contribution in [3.8, 4) is 0 Å². The van der Waals surface area contributed by atoms with E-state index in [1.807, 2.05) is 7.05 Å². The molecule has 0 spiro atoms. The Balaban J connectivity index is 2.98. The number of hydrogen-bond donors (Lipinski definition) is 0. The summed E-state index contributed by atoms with van der Waals surface area (Å²) in [7, 11) is 1.86. The number of halogens is 2. The van der Waals surface area contributed by atoms with Crippen LogP contribution in [-0.4, -0.2) is 14.8 Å². The first-order chi connectivity index (χ1) is 5.70. The van der Waals surface area contributed by atoms with E-state index in [-0.39, 0.29) is 0 Å². The van der Waals surface area contributed by atoms with Gasteiger partial charge in [-0.15, -0.1) is 0 Å². The Morgan fingerprint density at radius 1 is 1.50 bits per heavy atom. The number of hydrogen-bond acceptors (Lipinski definition) is 2. The molecule has 12 heavy (non-hydrogen) atoms. The first-order valence-electron chi connectivity index (χ1n) is 3.32. The van der Waals surface area contributed by atoms with E-state index in [2.05, 4.69) is 26.0 Å². The lowest BCUT2D eigenvalue weighted by atomic mass is 10.3. The van der Waals surface area contributed by atoms with E-state index in [9.17, 15) is 0 Å². The summed E-state index contributed by atoms with van der Waals surface area (Å²) in [6.07, 6.45) is 3.38. The third kappa shape index (κ3) is 1.03. The van der Waals surface area contributed by atoms with Crippen molar-refractivity contribution in [2.45, 2.75) is 0 Å². The molecule has 0 amide bonds. The molecule has 0 fully saturated rings. The van der Waals surface area contributed by atoms with Gasteiger partial charge in [-0.1, -0.05) is 11.6 Å². The van der Waals surface area contributed by atoms with E-state index >= 15 is 0 Å². The third-order valence-corrected chi connectivity index (χ3v) is 2.56. The predicted molar refractivity (Wildman–Crippen MR) is 51.2 cm³/mol. The number of aromatic nitrogens is 3. The Kier molecular flexibility index (Phi) is 1.81. The van der Waals surface area contributed by atoms with Gasteiger partial charge in [-0.05, 0) is 15.9 Å². The van der Waals surface area contributed by atoms with Gasteiger partial charge >= 0.3 is 0 Å². The Bertz CT molecular complexity index is 437. The smallest absolute Gasteiger partial charge is 0.140 e. The highest BCUT2D eigenvalue weighted by atomic mass is 79.9. The molecule has 2 aromatic heterocycles. The molecule has 0 radical (unpaired) electrons. The van der Waals surface area contributed by atoms with E-state index in [0.717, 1.165) is 15.4 Å². The molecule has 0 saturated heterocycles. The predicted octanol–water partition coefficient (Wildman–Crippen LogP) is 2.38. The Hall–Kier alpha value is -0.610. The van der Waals surface area contributed by atoms with Crippen LogP contribution in [0.5, 0.6) is 0 Å². The van der Waals surface area contributed by atoms with Crippen molar-refractivity contribution < 1.29 is 0 Å². The lowest BCUT2D eigenvalue weighted by Crippen LogP contribution is -1.90. The maximum Gasteiger partial charge on any atom is 0.140 e. The number of fused-ring (bicyclic) bond motifs is 1. The van der Waals surface area contributed by atoms with Gasteiger partial charge in [0.1, 0.15) is 5.15 Å². The summed E-state index contributed by atoms with van der Waals surface area (Å²) in [6.45, 7) is 0. The van der Waals surface area contributed by atoms with Crippen molar-refractivity contribution >= 4 is 38.4 Å². The molecule has 0 atom stereocenters. The fourth-order valence-electron chi connectivity index (χ4n) is 1.12. The summed E-state index contributed by atoms with van der Waals surface area (Å²) >= 11 is 9.24. The van der Waals surface area contributed by atoms with Crippen LogP contribution in [0.25, 0.3) is 10.9 Å². The minimum absolute atomic E-state index is 0.487. The van der Waals surface area contributed by atoms with E-state index in [0.29, 0.717) is 5.15 Å². The van der Waals surface area contributed by atoms with Crippen LogP contribution in [0.2, 0.25) is 5.15 Å². The zero-order valence-corrected chi connectivity index (χ0v) is 8.59. The van der Waals surface area contributed by atoms with Crippen molar-refractivity contribution in [1.82, 2.24) is 14.8 Å². The van der Waals surface area contributed by atoms with Gasteiger partial charge in [0.05, 0.1) is 21.6 Å². The molecule has 0 aliphatic rings. The van der Waals surface area contributed by atoms with Gasteiger partial charge in [0.2, 0.25) is 0 Å². The SMILES string of the molecule is Cn1ncc2c(Cl)ncc(Br)c21. The molecule has 0 aliphatic carbocycles. The van der Waals surface area contributed by atoms with Gasteiger partial charge in [-0.3, -0.25) is 4.68 Å². The molecular formula is C7H5BrClN3. The lowest BCUT2D eigenvalue weighted by Gasteiger charge is -1.97. The standard InChI is InChI=1S/C7H5BrClN3/c1-12-6-4(2-11-12)7(9)10-3-5(6)8/h2-3H,1H3. The Morgan fingerprint density at radius 2 is 2.25 bits per heavy atom. The lowest BCUT2D eigenvalue weighted by molar-refractivity contribution is 0.795. The molecule has 0 aliphatic heterocycles. The quantitative estimate of drug-likeness (QED) is 0.668. The molecule has 0 aromatic carbocycles. The average Bonchev–Trinajstić information content (AvgIpc) is 2.42. The van der Waals surface area contributed by atoms with Crippen LogP contribution in [0.15, 0.2) is 16.9 Å². The van der Waals surface area contributed by atoms with E-state index < -0.39 is 0 Å². The van der Waals surface area contributed by atoms with Gasteiger partial charge in [-0.2, -0.15) is 5.10 Å². The van der Waals surface area contributed by atoms with Gasteiger partial charge < -0.3 is 0 Å². The zero-order chi connectivity index (χ0) is 8.72. The van der Waals surface area contributed by atoms with E-state index in [1.165, 1.54) is 0 Å². The van der Waals surface area contributed by atoms with E-state index in [1.54, 1.807) is 17.1 Å². The molecule has 2 heterocycles. The van der Waals surface area contributed by atoms with Crippen LogP contribution in [-0.2, 0) is 7.05 Å². The summed E-state index contributed by atoms with van der Waals surface area (Å²) < 4.78 is 2.66. The van der Waals surface area contributed by atoms with Crippen molar-refractivity contribution in [2.75, 3.05) is 0 Å². The van der Waals surface area contributed by atoms with Crippen LogP contribution < -0.4 is 0 Å². The molecular weight excluding hydrogens is 241 g/mol. The van der Waals surface area contributed by atoms with Gasteiger partial charge in [0.25, 0.3) is 0 Å². The second kappa shape index (κ2) is 2.71. The normalized spacial score (nSPS) is 10.9. The van der Waals surface area contributed by atoms with Crippen molar-refractivity contribution in [1.29, 1.82) is 0 Å². The third-order valence-electron chi connectivity index (χ3n) is 1.68. The summed E-state index contributed by atoms with van der Waals surface area (Å²) in [4.78, 5) is 3.99. The minimum atomic E-state index is 0.487. The fraction of sp³-hybridized carbons (Fsp3) is 0.143. The maximum absolute atomic E-state index is 5.86. The molecule has 62 valence electrons. The number of rotatable bonds is 0. The highest BCUT2D eigenvalue weighted by molar-refractivity contribution is 9.10. The first kappa shape index (κ1) is 8.01. The van der Waals surface area contributed by atoms with E-state index in [4.69, 9.17) is 11.6 Å².